The molecule has 0 bridgehead atoms. The van der Waals surface area contributed by atoms with Crippen molar-refractivity contribution in [1.82, 2.24) is 9.97 Å². The summed E-state index contributed by atoms with van der Waals surface area (Å²) in [6, 6.07) is 16.5. The number of aromatic nitrogens is 2. The van der Waals surface area contributed by atoms with Crippen LogP contribution in [0.4, 0.5) is 23.1 Å². The molecule has 2 unspecified atom stereocenters. The lowest BCUT2D eigenvalue weighted by atomic mass is 9.99. The highest BCUT2D eigenvalue weighted by Crippen LogP contribution is 2.19. The molecule has 166 valence electrons. The Morgan fingerprint density at radius 3 is 2.66 bits per heavy atom. The van der Waals surface area contributed by atoms with Gasteiger partial charge < -0.3 is 26.4 Å². The van der Waals surface area contributed by atoms with Gasteiger partial charge in [0.1, 0.15) is 13.7 Å². The van der Waals surface area contributed by atoms with Crippen LogP contribution in [-0.4, -0.2) is 49.5 Å². The van der Waals surface area contributed by atoms with Crippen molar-refractivity contribution in [2.75, 3.05) is 29.7 Å². The van der Waals surface area contributed by atoms with E-state index in [2.05, 4.69) is 25.9 Å². The minimum Gasteiger partial charge on any atom is -0.383 e. The summed E-state index contributed by atoms with van der Waals surface area (Å²) in [5, 5.41) is 9.38. The molecule has 0 fully saturated rings. The zero-order valence-electron chi connectivity index (χ0n) is 18.6. The standard InChI is InChI=1S/C23H29BN6O2/c1-15(14-32-2)27-21-19(24)13-26-23(30-21)29-18-10-6-9-17(12-18)28-22(31)20(25)11-16-7-4-3-5-8-16/h3-10,12-13,15,20H,11,14,24-25H2,1-2H3,(H,28,31)(H2,26,27,29,30). The number of carbonyl (C=O) groups is 1. The molecule has 1 aromatic heterocycles. The van der Waals surface area contributed by atoms with Gasteiger partial charge in [-0.1, -0.05) is 36.4 Å². The number of nitrogens with two attached hydrogens (primary N) is 1. The van der Waals surface area contributed by atoms with E-state index in [0.29, 0.717) is 24.7 Å². The zero-order valence-corrected chi connectivity index (χ0v) is 18.6. The van der Waals surface area contributed by atoms with Crippen molar-refractivity contribution >= 4 is 42.4 Å². The van der Waals surface area contributed by atoms with Crippen LogP contribution in [-0.2, 0) is 16.0 Å². The summed E-state index contributed by atoms with van der Waals surface area (Å²) in [4.78, 5) is 21.4. The number of benzene rings is 2. The second kappa shape index (κ2) is 11.3. The number of hydrogen-bond donors (Lipinski definition) is 4. The molecule has 0 spiro atoms. The van der Waals surface area contributed by atoms with Crippen molar-refractivity contribution in [3.05, 3.63) is 66.4 Å². The number of nitrogens with one attached hydrogen (secondary N) is 3. The molecule has 0 aliphatic heterocycles. The molecule has 0 aliphatic carbocycles. The summed E-state index contributed by atoms with van der Waals surface area (Å²) in [5.74, 6) is 0.951. The third-order valence-electron chi connectivity index (χ3n) is 4.79. The minimum absolute atomic E-state index is 0.111. The van der Waals surface area contributed by atoms with E-state index in [1.165, 1.54) is 0 Å². The molecule has 3 rings (SSSR count). The normalized spacial score (nSPS) is 12.6. The highest BCUT2D eigenvalue weighted by atomic mass is 16.5. The Bertz CT molecular complexity index is 1030. The fourth-order valence-corrected chi connectivity index (χ4v) is 3.17. The number of rotatable bonds is 10. The van der Waals surface area contributed by atoms with E-state index >= 15 is 0 Å². The predicted octanol–water partition coefficient (Wildman–Crippen LogP) is 1.43. The summed E-state index contributed by atoms with van der Waals surface area (Å²) < 4.78 is 5.17. The summed E-state index contributed by atoms with van der Waals surface area (Å²) in [6.45, 7) is 2.59. The van der Waals surface area contributed by atoms with Crippen molar-refractivity contribution < 1.29 is 9.53 Å². The van der Waals surface area contributed by atoms with E-state index in [9.17, 15) is 4.79 Å². The van der Waals surface area contributed by atoms with Gasteiger partial charge in [0.2, 0.25) is 11.9 Å². The van der Waals surface area contributed by atoms with Gasteiger partial charge in [0.05, 0.1) is 12.6 Å². The smallest absolute Gasteiger partial charge is 0.241 e. The maximum Gasteiger partial charge on any atom is 0.241 e. The van der Waals surface area contributed by atoms with Crippen LogP contribution in [0.25, 0.3) is 0 Å². The van der Waals surface area contributed by atoms with Gasteiger partial charge >= 0.3 is 0 Å². The molecular weight excluding hydrogens is 403 g/mol. The molecule has 0 saturated carbocycles. The summed E-state index contributed by atoms with van der Waals surface area (Å²) in [5.41, 5.74) is 9.43. The maximum absolute atomic E-state index is 12.5. The number of carbonyl (C=O) groups excluding carboxylic acids is 1. The zero-order chi connectivity index (χ0) is 22.9. The Kier molecular flexibility index (Phi) is 8.18. The van der Waals surface area contributed by atoms with Crippen LogP contribution in [0.1, 0.15) is 12.5 Å². The molecule has 0 saturated heterocycles. The molecule has 0 aliphatic rings. The number of hydrogen-bond acceptors (Lipinski definition) is 7. The van der Waals surface area contributed by atoms with E-state index in [4.69, 9.17) is 10.5 Å². The van der Waals surface area contributed by atoms with Gasteiger partial charge in [-0.3, -0.25) is 4.79 Å². The van der Waals surface area contributed by atoms with Gasteiger partial charge in [0.15, 0.2) is 0 Å². The van der Waals surface area contributed by atoms with Crippen LogP contribution in [0.15, 0.2) is 60.8 Å². The average molecular weight is 432 g/mol. The molecule has 5 N–H and O–H groups in total. The van der Waals surface area contributed by atoms with E-state index in [1.807, 2.05) is 69.4 Å². The van der Waals surface area contributed by atoms with Gasteiger partial charge in [-0.15, -0.1) is 0 Å². The highest BCUT2D eigenvalue weighted by molar-refractivity contribution is 6.35. The molecule has 3 aromatic rings. The second-order valence-electron chi connectivity index (χ2n) is 7.72. The lowest BCUT2D eigenvalue weighted by Crippen LogP contribution is -2.37. The molecule has 32 heavy (non-hydrogen) atoms. The molecule has 8 nitrogen and oxygen atoms in total. The third-order valence-corrected chi connectivity index (χ3v) is 4.79. The number of methoxy groups -OCH3 is 1. The van der Waals surface area contributed by atoms with Crippen molar-refractivity contribution in [3.8, 4) is 0 Å². The van der Waals surface area contributed by atoms with E-state index in [0.717, 1.165) is 22.5 Å². The summed E-state index contributed by atoms with van der Waals surface area (Å²) >= 11 is 0. The first kappa shape index (κ1) is 23.2. The Labute approximate surface area is 189 Å². The van der Waals surface area contributed by atoms with Gasteiger partial charge in [-0.25, -0.2) is 4.98 Å². The first-order chi connectivity index (χ1) is 15.4. The van der Waals surface area contributed by atoms with Crippen molar-refractivity contribution in [1.29, 1.82) is 0 Å². The van der Waals surface area contributed by atoms with Gasteiger partial charge in [-0.05, 0) is 42.6 Å². The quantitative estimate of drug-likeness (QED) is 0.359. The molecule has 1 heterocycles. The van der Waals surface area contributed by atoms with Crippen molar-refractivity contribution in [2.24, 2.45) is 5.73 Å². The Balaban J connectivity index is 1.64. The summed E-state index contributed by atoms with van der Waals surface area (Å²) in [7, 11) is 3.61. The Morgan fingerprint density at radius 2 is 1.91 bits per heavy atom. The van der Waals surface area contributed by atoms with E-state index in [-0.39, 0.29) is 11.9 Å². The topological polar surface area (TPSA) is 114 Å². The molecule has 1 amide bonds. The average Bonchev–Trinajstić information content (AvgIpc) is 2.77. The highest BCUT2D eigenvalue weighted by Gasteiger charge is 2.14. The number of amides is 1. The monoisotopic (exact) mass is 432 g/mol. The molecular formula is C23H29BN6O2. The number of anilines is 4. The van der Waals surface area contributed by atoms with Crippen LogP contribution in [0.3, 0.4) is 0 Å². The molecule has 0 radical (unpaired) electrons. The van der Waals surface area contributed by atoms with E-state index < -0.39 is 6.04 Å². The van der Waals surface area contributed by atoms with Gasteiger partial charge in [0.25, 0.3) is 0 Å². The maximum atomic E-state index is 12.5. The number of nitrogens with zero attached hydrogens (tertiary/aromatic N) is 2. The third kappa shape index (κ3) is 6.80. The largest absolute Gasteiger partial charge is 0.383 e. The van der Waals surface area contributed by atoms with Gasteiger partial charge in [0, 0.05) is 30.7 Å². The minimum atomic E-state index is -0.642. The predicted molar refractivity (Wildman–Crippen MR) is 132 cm³/mol. The van der Waals surface area contributed by atoms with Crippen molar-refractivity contribution in [3.63, 3.8) is 0 Å². The second-order valence-corrected chi connectivity index (χ2v) is 7.72. The molecule has 2 atom stereocenters. The van der Waals surface area contributed by atoms with Crippen LogP contribution in [0.5, 0.6) is 0 Å². The summed E-state index contributed by atoms with van der Waals surface area (Å²) in [6.07, 6.45) is 2.23. The van der Waals surface area contributed by atoms with Crippen molar-refractivity contribution in [2.45, 2.75) is 25.4 Å². The number of ether oxygens (including phenoxy) is 1. The lowest BCUT2D eigenvalue weighted by Gasteiger charge is -2.16. The van der Waals surface area contributed by atoms with Crippen LogP contribution in [0.2, 0.25) is 0 Å². The van der Waals surface area contributed by atoms with Crippen LogP contribution >= 0.6 is 0 Å². The van der Waals surface area contributed by atoms with Crippen LogP contribution in [0, 0.1) is 0 Å². The molecule has 9 heteroatoms. The lowest BCUT2D eigenvalue weighted by molar-refractivity contribution is -0.117. The van der Waals surface area contributed by atoms with Gasteiger partial charge in [-0.2, -0.15) is 4.98 Å². The van der Waals surface area contributed by atoms with Crippen LogP contribution < -0.4 is 27.1 Å². The fraction of sp³-hybridized carbons (Fsp3) is 0.261. The van der Waals surface area contributed by atoms with E-state index in [1.54, 1.807) is 13.3 Å². The fourth-order valence-electron chi connectivity index (χ4n) is 3.17. The SMILES string of the molecule is Bc1cnc(Nc2cccc(NC(=O)C(N)Cc3ccccc3)c2)nc1NC(C)COC. The Morgan fingerprint density at radius 1 is 1.16 bits per heavy atom. The Hall–Kier alpha value is -3.43. The molecule has 2 aromatic carbocycles. The first-order valence-electron chi connectivity index (χ1n) is 10.5. The first-order valence-corrected chi connectivity index (χ1v) is 10.5.